The molecule has 0 spiro atoms. The highest BCUT2D eigenvalue weighted by Gasteiger charge is 2.12. The summed E-state index contributed by atoms with van der Waals surface area (Å²) in [6.45, 7) is 3.35. The number of likely N-dealkylation sites (N-methyl/N-ethyl adjacent to an activating group) is 1. The van der Waals surface area contributed by atoms with Gasteiger partial charge in [0.15, 0.2) is 0 Å². The number of nitrogens with one attached hydrogen (secondary N) is 1. The van der Waals surface area contributed by atoms with Crippen molar-refractivity contribution in [2.45, 2.75) is 6.92 Å². The lowest BCUT2D eigenvalue weighted by Gasteiger charge is -2.21. The van der Waals surface area contributed by atoms with Gasteiger partial charge in [0.25, 0.3) is 0 Å². The molecular weight excluding hydrogens is 248 g/mol. The lowest BCUT2D eigenvalue weighted by Crippen LogP contribution is -2.37. The molecule has 19 heavy (non-hydrogen) atoms. The normalized spacial score (nSPS) is 10.0. The molecule has 1 aromatic rings. The Bertz CT molecular complexity index is 448. The Morgan fingerprint density at radius 3 is 2.74 bits per heavy atom. The average Bonchev–Trinajstić information content (AvgIpc) is 2.40. The first kappa shape index (κ1) is 15.0. The number of methoxy groups -OCH3 is 1. The maximum absolute atomic E-state index is 11.9. The maximum atomic E-state index is 11.9. The first-order chi connectivity index (χ1) is 9.08. The predicted octanol–water partition coefficient (Wildman–Crippen LogP) is 1.89. The second-order valence-electron chi connectivity index (χ2n) is 3.89. The molecule has 0 saturated heterocycles. The van der Waals surface area contributed by atoms with E-state index in [4.69, 9.17) is 9.84 Å². The Labute approximate surface area is 112 Å². The molecule has 2 amide bonds. The van der Waals surface area contributed by atoms with Crippen molar-refractivity contribution in [1.29, 1.82) is 0 Å². The third-order valence-corrected chi connectivity index (χ3v) is 2.60. The Balaban J connectivity index is 2.69. The molecule has 0 unspecified atom stereocenters. The van der Waals surface area contributed by atoms with E-state index in [1.54, 1.807) is 24.1 Å². The minimum Gasteiger partial charge on any atom is -0.478 e. The van der Waals surface area contributed by atoms with Gasteiger partial charge in [-0.25, -0.2) is 9.59 Å². The summed E-state index contributed by atoms with van der Waals surface area (Å²) in [5, 5.41) is 11.5. The van der Waals surface area contributed by atoms with Gasteiger partial charge in [0, 0.05) is 25.9 Å². The molecule has 0 aliphatic heterocycles. The van der Waals surface area contributed by atoms with Crippen molar-refractivity contribution < 1.29 is 19.4 Å². The number of anilines is 1. The SMILES string of the molecule is CCN(CCOC)C(=O)Nc1cccc(C(=O)O)c1. The van der Waals surface area contributed by atoms with Crippen LogP contribution in [0.5, 0.6) is 0 Å². The Morgan fingerprint density at radius 1 is 1.42 bits per heavy atom. The first-order valence-electron chi connectivity index (χ1n) is 5.96. The zero-order valence-corrected chi connectivity index (χ0v) is 11.0. The minimum absolute atomic E-state index is 0.137. The van der Waals surface area contributed by atoms with Gasteiger partial charge in [0.05, 0.1) is 12.2 Å². The zero-order chi connectivity index (χ0) is 14.3. The summed E-state index contributed by atoms with van der Waals surface area (Å²) < 4.78 is 4.93. The minimum atomic E-state index is -1.03. The number of carbonyl (C=O) groups is 2. The van der Waals surface area contributed by atoms with Crippen LogP contribution in [0.3, 0.4) is 0 Å². The number of hydrogen-bond donors (Lipinski definition) is 2. The summed E-state index contributed by atoms with van der Waals surface area (Å²) in [5.74, 6) is -1.03. The van der Waals surface area contributed by atoms with Gasteiger partial charge in [-0.05, 0) is 25.1 Å². The van der Waals surface area contributed by atoms with Gasteiger partial charge >= 0.3 is 12.0 Å². The summed E-state index contributed by atoms with van der Waals surface area (Å²) in [6, 6.07) is 5.85. The summed E-state index contributed by atoms with van der Waals surface area (Å²) in [5.41, 5.74) is 0.596. The molecule has 0 heterocycles. The average molecular weight is 266 g/mol. The van der Waals surface area contributed by atoms with Gasteiger partial charge in [-0.3, -0.25) is 0 Å². The van der Waals surface area contributed by atoms with Gasteiger partial charge in [0.1, 0.15) is 0 Å². The van der Waals surface area contributed by atoms with Crippen LogP contribution in [0.1, 0.15) is 17.3 Å². The van der Waals surface area contributed by atoms with E-state index in [-0.39, 0.29) is 11.6 Å². The van der Waals surface area contributed by atoms with Crippen LogP contribution in [0.25, 0.3) is 0 Å². The van der Waals surface area contributed by atoms with E-state index in [2.05, 4.69) is 5.32 Å². The molecular formula is C13H18N2O4. The van der Waals surface area contributed by atoms with Crippen LogP contribution in [-0.4, -0.2) is 48.8 Å². The molecule has 6 heteroatoms. The summed E-state index contributed by atoms with van der Waals surface area (Å²) >= 11 is 0. The van der Waals surface area contributed by atoms with Crippen molar-refractivity contribution in [2.75, 3.05) is 32.1 Å². The third-order valence-electron chi connectivity index (χ3n) is 2.60. The number of carbonyl (C=O) groups excluding carboxylic acids is 1. The fourth-order valence-corrected chi connectivity index (χ4v) is 1.54. The van der Waals surface area contributed by atoms with E-state index in [0.29, 0.717) is 25.4 Å². The highest BCUT2D eigenvalue weighted by Crippen LogP contribution is 2.11. The number of urea groups is 1. The topological polar surface area (TPSA) is 78.9 Å². The van der Waals surface area contributed by atoms with E-state index >= 15 is 0 Å². The number of benzene rings is 1. The molecule has 0 bridgehead atoms. The van der Waals surface area contributed by atoms with Crippen molar-refractivity contribution >= 4 is 17.7 Å². The highest BCUT2D eigenvalue weighted by molar-refractivity contribution is 5.93. The molecule has 2 N–H and O–H groups in total. The molecule has 1 rings (SSSR count). The van der Waals surface area contributed by atoms with Crippen LogP contribution in [0.4, 0.5) is 10.5 Å². The molecule has 0 atom stereocenters. The Kier molecular flexibility index (Phi) is 5.81. The van der Waals surface area contributed by atoms with Crippen molar-refractivity contribution in [3.63, 3.8) is 0 Å². The quantitative estimate of drug-likeness (QED) is 0.824. The summed E-state index contributed by atoms with van der Waals surface area (Å²) in [7, 11) is 1.57. The molecule has 0 aromatic heterocycles. The largest absolute Gasteiger partial charge is 0.478 e. The van der Waals surface area contributed by atoms with Crippen molar-refractivity contribution in [3.05, 3.63) is 29.8 Å². The molecule has 0 fully saturated rings. The van der Waals surface area contributed by atoms with Gasteiger partial charge < -0.3 is 20.1 Å². The van der Waals surface area contributed by atoms with Gasteiger partial charge in [-0.2, -0.15) is 0 Å². The molecule has 104 valence electrons. The van der Waals surface area contributed by atoms with Gasteiger partial charge in [-0.15, -0.1) is 0 Å². The van der Waals surface area contributed by atoms with E-state index in [1.807, 2.05) is 6.92 Å². The van der Waals surface area contributed by atoms with Crippen molar-refractivity contribution in [2.24, 2.45) is 0 Å². The standard InChI is InChI=1S/C13H18N2O4/c1-3-15(7-8-19-2)13(18)14-11-6-4-5-10(9-11)12(16)17/h4-6,9H,3,7-8H2,1-2H3,(H,14,18)(H,16,17). The third kappa shape index (κ3) is 4.59. The molecule has 0 aliphatic carbocycles. The van der Waals surface area contributed by atoms with Crippen molar-refractivity contribution in [3.8, 4) is 0 Å². The number of carboxylic acids is 1. The number of nitrogens with zero attached hydrogens (tertiary/aromatic N) is 1. The summed E-state index contributed by atoms with van der Waals surface area (Å²) in [4.78, 5) is 24.4. The molecule has 1 aromatic carbocycles. The lowest BCUT2D eigenvalue weighted by molar-refractivity contribution is 0.0697. The predicted molar refractivity (Wildman–Crippen MR) is 71.5 cm³/mol. The first-order valence-corrected chi connectivity index (χ1v) is 5.96. The molecule has 6 nitrogen and oxygen atoms in total. The number of aromatic carboxylic acids is 1. The number of ether oxygens (including phenoxy) is 1. The van der Waals surface area contributed by atoms with E-state index in [1.165, 1.54) is 12.1 Å². The van der Waals surface area contributed by atoms with Crippen molar-refractivity contribution in [1.82, 2.24) is 4.90 Å². The smallest absolute Gasteiger partial charge is 0.335 e. The van der Waals surface area contributed by atoms with Crippen LogP contribution in [0.2, 0.25) is 0 Å². The van der Waals surface area contributed by atoms with Crippen LogP contribution in [0.15, 0.2) is 24.3 Å². The maximum Gasteiger partial charge on any atom is 0.335 e. The molecule has 0 radical (unpaired) electrons. The van der Waals surface area contributed by atoms with E-state index in [9.17, 15) is 9.59 Å². The fraction of sp³-hybridized carbons (Fsp3) is 0.385. The number of rotatable bonds is 6. The van der Waals surface area contributed by atoms with Crippen LogP contribution >= 0.6 is 0 Å². The second-order valence-corrected chi connectivity index (χ2v) is 3.89. The zero-order valence-electron chi connectivity index (χ0n) is 11.0. The van der Waals surface area contributed by atoms with E-state index < -0.39 is 5.97 Å². The van der Waals surface area contributed by atoms with E-state index in [0.717, 1.165) is 0 Å². The Morgan fingerprint density at radius 2 is 2.16 bits per heavy atom. The molecule has 0 saturated carbocycles. The van der Waals surface area contributed by atoms with Gasteiger partial charge in [0.2, 0.25) is 0 Å². The number of hydrogen-bond acceptors (Lipinski definition) is 3. The monoisotopic (exact) mass is 266 g/mol. The fourth-order valence-electron chi connectivity index (χ4n) is 1.54. The summed E-state index contributed by atoms with van der Waals surface area (Å²) in [6.07, 6.45) is 0. The Hall–Kier alpha value is -2.08. The number of carboxylic acid groups (broad SMARTS) is 1. The second kappa shape index (κ2) is 7.38. The van der Waals surface area contributed by atoms with Crippen LogP contribution < -0.4 is 5.32 Å². The number of amides is 2. The van der Waals surface area contributed by atoms with Crippen LogP contribution in [0, 0.1) is 0 Å². The molecule has 0 aliphatic rings. The highest BCUT2D eigenvalue weighted by atomic mass is 16.5. The van der Waals surface area contributed by atoms with Crippen LogP contribution in [-0.2, 0) is 4.74 Å². The lowest BCUT2D eigenvalue weighted by atomic mass is 10.2. The van der Waals surface area contributed by atoms with Gasteiger partial charge in [-0.1, -0.05) is 6.07 Å².